The lowest BCUT2D eigenvalue weighted by atomic mass is 9.98. The normalized spacial score (nSPS) is 16.5. The highest BCUT2D eigenvalue weighted by atomic mass is 32.2. The average Bonchev–Trinajstić information content (AvgIpc) is 2.73. The van der Waals surface area contributed by atoms with E-state index in [1.54, 1.807) is 19.2 Å². The molecule has 8 heteroatoms. The summed E-state index contributed by atoms with van der Waals surface area (Å²) in [6.45, 7) is 0.271. The second-order valence-corrected chi connectivity index (χ2v) is 8.56. The van der Waals surface area contributed by atoms with E-state index in [9.17, 15) is 13.2 Å². The van der Waals surface area contributed by atoms with Gasteiger partial charge in [-0.3, -0.25) is 10.0 Å². The van der Waals surface area contributed by atoms with Crippen molar-refractivity contribution in [3.05, 3.63) is 48.5 Å². The average molecular weight is 391 g/mol. The Labute approximate surface area is 157 Å². The summed E-state index contributed by atoms with van der Waals surface area (Å²) in [5, 5.41) is 9.08. The third-order valence-electron chi connectivity index (χ3n) is 4.92. The molecule has 144 valence electrons. The maximum absolute atomic E-state index is 13.2. The van der Waals surface area contributed by atoms with Crippen LogP contribution < -0.4 is 10.2 Å². The number of hydrogen-bond acceptors (Lipinski definition) is 6. The highest BCUT2D eigenvalue weighted by molar-refractivity contribution is 7.93. The van der Waals surface area contributed by atoms with Crippen molar-refractivity contribution in [2.45, 2.75) is 22.5 Å². The van der Waals surface area contributed by atoms with E-state index in [-0.39, 0.29) is 31.0 Å². The van der Waals surface area contributed by atoms with E-state index >= 15 is 0 Å². The summed E-state index contributed by atoms with van der Waals surface area (Å²) in [6, 6.07) is 13.7. The van der Waals surface area contributed by atoms with Crippen LogP contribution in [0.4, 0.5) is 0 Å². The summed E-state index contributed by atoms with van der Waals surface area (Å²) in [6.07, 6.45) is -0.0239. The van der Waals surface area contributed by atoms with Crippen LogP contribution in [0, 0.1) is 0 Å². The second kappa shape index (κ2) is 7.67. The van der Waals surface area contributed by atoms with E-state index in [0.29, 0.717) is 0 Å². The number of hydrogen-bond donors (Lipinski definition) is 2. The molecule has 0 aromatic heterocycles. The molecule has 2 N–H and O–H groups in total. The lowest BCUT2D eigenvalue weighted by Gasteiger charge is -2.34. The lowest BCUT2D eigenvalue weighted by molar-refractivity contribution is -0.134. The molecular formula is C19H21NO6S. The fraction of sp³-hybridized carbons (Fsp3) is 0.316. The van der Waals surface area contributed by atoms with Crippen LogP contribution in [0.3, 0.4) is 0 Å². The van der Waals surface area contributed by atoms with Crippen LogP contribution in [0.5, 0.6) is 5.75 Å². The molecule has 1 aliphatic rings. The number of carbonyl (C=O) groups excluding carboxylic acids is 1. The van der Waals surface area contributed by atoms with Crippen molar-refractivity contribution in [3.8, 4) is 16.9 Å². The van der Waals surface area contributed by atoms with Gasteiger partial charge in [-0.2, -0.15) is 0 Å². The Morgan fingerprint density at radius 3 is 2.04 bits per heavy atom. The Balaban J connectivity index is 1.95. The monoisotopic (exact) mass is 391 g/mol. The van der Waals surface area contributed by atoms with Gasteiger partial charge in [0, 0.05) is 13.2 Å². The van der Waals surface area contributed by atoms with Gasteiger partial charge in [-0.25, -0.2) is 13.9 Å². The van der Waals surface area contributed by atoms with Gasteiger partial charge in [-0.05, 0) is 48.2 Å². The number of nitrogens with one attached hydrogen (secondary N) is 1. The molecule has 1 heterocycles. The van der Waals surface area contributed by atoms with Crippen molar-refractivity contribution >= 4 is 15.7 Å². The largest absolute Gasteiger partial charge is 0.497 e. The molecular weight excluding hydrogens is 370 g/mol. The molecule has 0 radical (unpaired) electrons. The minimum atomic E-state index is -4.02. The summed E-state index contributed by atoms with van der Waals surface area (Å²) in [4.78, 5) is 12.3. The molecule has 0 saturated carbocycles. The number of benzene rings is 2. The standard InChI is InChI=1S/C19H21NO6S/c1-25-16-6-2-14(3-7-16)15-4-8-17(9-5-15)27(23,24)19(18(21)20-22)10-12-26-13-11-19/h2-9,22H,10-13H2,1H3,(H,20,21). The zero-order valence-corrected chi connectivity index (χ0v) is 15.7. The predicted octanol–water partition coefficient (Wildman–Crippen LogP) is 2.19. The van der Waals surface area contributed by atoms with Crippen LogP contribution >= 0.6 is 0 Å². The van der Waals surface area contributed by atoms with Crippen LogP contribution in [0.15, 0.2) is 53.4 Å². The highest BCUT2D eigenvalue weighted by Gasteiger charge is 2.52. The molecule has 1 amide bonds. The number of sulfone groups is 1. The summed E-state index contributed by atoms with van der Waals surface area (Å²) < 4.78 is 35.0. The molecule has 2 aromatic rings. The summed E-state index contributed by atoms with van der Waals surface area (Å²) >= 11 is 0. The van der Waals surface area contributed by atoms with E-state index in [0.717, 1.165) is 16.9 Å². The number of hydroxylamine groups is 1. The molecule has 27 heavy (non-hydrogen) atoms. The van der Waals surface area contributed by atoms with E-state index in [1.807, 2.05) is 24.3 Å². The minimum absolute atomic E-state index is 0.0119. The third-order valence-corrected chi connectivity index (χ3v) is 7.43. The van der Waals surface area contributed by atoms with Crippen LogP contribution in [0.25, 0.3) is 11.1 Å². The van der Waals surface area contributed by atoms with E-state index in [4.69, 9.17) is 14.7 Å². The van der Waals surface area contributed by atoms with Crippen molar-refractivity contribution < 1.29 is 27.9 Å². The van der Waals surface area contributed by atoms with E-state index in [1.165, 1.54) is 17.6 Å². The summed E-state index contributed by atoms with van der Waals surface area (Å²) in [7, 11) is -2.43. The van der Waals surface area contributed by atoms with Crippen LogP contribution in [0.2, 0.25) is 0 Å². The van der Waals surface area contributed by atoms with Crippen LogP contribution in [-0.4, -0.2) is 44.6 Å². The Bertz CT molecular complexity index is 900. The molecule has 2 aromatic carbocycles. The molecule has 1 saturated heterocycles. The number of methoxy groups -OCH3 is 1. The Morgan fingerprint density at radius 2 is 1.56 bits per heavy atom. The molecule has 0 aliphatic carbocycles. The topological polar surface area (TPSA) is 102 Å². The Morgan fingerprint density at radius 1 is 1.04 bits per heavy atom. The number of amides is 1. The van der Waals surface area contributed by atoms with Gasteiger partial charge in [0.2, 0.25) is 0 Å². The van der Waals surface area contributed by atoms with Gasteiger partial charge in [0.15, 0.2) is 14.6 Å². The highest BCUT2D eigenvalue weighted by Crippen LogP contribution is 2.36. The van der Waals surface area contributed by atoms with Gasteiger partial charge in [0.25, 0.3) is 5.91 Å². The SMILES string of the molecule is COc1ccc(-c2ccc(S(=O)(=O)C3(C(=O)NO)CCOCC3)cc2)cc1. The van der Waals surface area contributed by atoms with Gasteiger partial charge >= 0.3 is 0 Å². The fourth-order valence-corrected chi connectivity index (χ4v) is 5.20. The molecule has 3 rings (SSSR count). The Hall–Kier alpha value is -2.42. The first-order chi connectivity index (χ1) is 12.9. The maximum Gasteiger partial charge on any atom is 0.265 e. The minimum Gasteiger partial charge on any atom is -0.497 e. The van der Waals surface area contributed by atoms with Crippen molar-refractivity contribution in [3.63, 3.8) is 0 Å². The molecule has 7 nitrogen and oxygen atoms in total. The number of rotatable bonds is 5. The molecule has 0 atom stereocenters. The van der Waals surface area contributed by atoms with E-state index < -0.39 is 20.5 Å². The van der Waals surface area contributed by atoms with Gasteiger partial charge in [0.1, 0.15) is 5.75 Å². The fourth-order valence-electron chi connectivity index (χ4n) is 3.26. The maximum atomic E-state index is 13.2. The third kappa shape index (κ3) is 3.43. The zero-order valence-electron chi connectivity index (χ0n) is 14.8. The van der Waals surface area contributed by atoms with Gasteiger partial charge in [-0.15, -0.1) is 0 Å². The smallest absolute Gasteiger partial charge is 0.265 e. The summed E-state index contributed by atoms with van der Waals surface area (Å²) in [5.41, 5.74) is 3.26. The van der Waals surface area contributed by atoms with Crippen LogP contribution in [0.1, 0.15) is 12.8 Å². The molecule has 0 spiro atoms. The van der Waals surface area contributed by atoms with Crippen LogP contribution in [-0.2, 0) is 19.4 Å². The van der Waals surface area contributed by atoms with Crippen molar-refractivity contribution in [2.24, 2.45) is 0 Å². The molecule has 1 fully saturated rings. The van der Waals surface area contributed by atoms with Gasteiger partial charge in [-0.1, -0.05) is 24.3 Å². The molecule has 0 bridgehead atoms. The molecule has 0 unspecified atom stereocenters. The molecule has 1 aliphatic heterocycles. The van der Waals surface area contributed by atoms with Gasteiger partial charge < -0.3 is 9.47 Å². The second-order valence-electron chi connectivity index (χ2n) is 6.30. The zero-order chi connectivity index (χ0) is 19.5. The number of carbonyl (C=O) groups is 1. The predicted molar refractivity (Wildman–Crippen MR) is 98.3 cm³/mol. The first-order valence-electron chi connectivity index (χ1n) is 8.46. The quantitative estimate of drug-likeness (QED) is 0.598. The van der Waals surface area contributed by atoms with Gasteiger partial charge in [0.05, 0.1) is 12.0 Å². The first-order valence-corrected chi connectivity index (χ1v) is 9.94. The lowest BCUT2D eigenvalue weighted by Crippen LogP contribution is -2.54. The first kappa shape index (κ1) is 19.3. The van der Waals surface area contributed by atoms with Crippen molar-refractivity contribution in [1.82, 2.24) is 5.48 Å². The Kier molecular flexibility index (Phi) is 5.50. The van der Waals surface area contributed by atoms with E-state index in [2.05, 4.69) is 0 Å². The number of ether oxygens (including phenoxy) is 2. The van der Waals surface area contributed by atoms with Crippen molar-refractivity contribution in [2.75, 3.05) is 20.3 Å². The van der Waals surface area contributed by atoms with Crippen molar-refractivity contribution in [1.29, 1.82) is 0 Å². The summed E-state index contributed by atoms with van der Waals surface area (Å²) in [5.74, 6) is -0.195.